The minimum atomic E-state index is -3.68. The van der Waals surface area contributed by atoms with Crippen LogP contribution >= 0.6 is 15.9 Å². The summed E-state index contributed by atoms with van der Waals surface area (Å²) >= 11 is 3.10. The third-order valence-electron chi connectivity index (χ3n) is 3.65. The van der Waals surface area contributed by atoms with Crippen LogP contribution in [0.3, 0.4) is 0 Å². The van der Waals surface area contributed by atoms with Crippen molar-refractivity contribution in [3.63, 3.8) is 0 Å². The van der Waals surface area contributed by atoms with E-state index in [0.29, 0.717) is 10.4 Å². The van der Waals surface area contributed by atoms with Gasteiger partial charge in [-0.15, -0.1) is 0 Å². The minimum absolute atomic E-state index is 0.0165. The van der Waals surface area contributed by atoms with Crippen LogP contribution in [0.4, 0.5) is 0 Å². The Morgan fingerprint density at radius 1 is 1.40 bits per heavy atom. The van der Waals surface area contributed by atoms with Gasteiger partial charge in [-0.3, -0.25) is 0 Å². The van der Waals surface area contributed by atoms with Crippen LogP contribution in [0, 0.1) is 5.92 Å². The monoisotopic (exact) mass is 361 g/mol. The number of rotatable bonds is 4. The third kappa shape index (κ3) is 3.21. The van der Waals surface area contributed by atoms with Crippen molar-refractivity contribution < 1.29 is 18.3 Å². The molecule has 1 fully saturated rings. The van der Waals surface area contributed by atoms with Gasteiger partial charge in [0.05, 0.1) is 10.5 Å². The normalized spacial score (nSPS) is 22.9. The number of carbonyl (C=O) groups is 1. The number of hydrogen-bond acceptors (Lipinski definition) is 3. The van der Waals surface area contributed by atoms with Gasteiger partial charge in [0, 0.05) is 10.5 Å². The molecule has 0 aliphatic heterocycles. The van der Waals surface area contributed by atoms with Crippen molar-refractivity contribution in [1.29, 1.82) is 0 Å². The first-order chi connectivity index (χ1) is 9.31. The van der Waals surface area contributed by atoms with Crippen LogP contribution in [0.25, 0.3) is 0 Å². The summed E-state index contributed by atoms with van der Waals surface area (Å²) in [6.07, 6.45) is 2.84. The first kappa shape index (κ1) is 15.5. The van der Waals surface area contributed by atoms with Gasteiger partial charge in [0.1, 0.15) is 0 Å². The summed E-state index contributed by atoms with van der Waals surface area (Å²) in [5, 5.41) is 9.04. The number of aromatic carboxylic acids is 1. The molecule has 1 aliphatic rings. The van der Waals surface area contributed by atoms with Gasteiger partial charge in [-0.05, 0) is 52.9 Å². The van der Waals surface area contributed by atoms with Gasteiger partial charge >= 0.3 is 5.97 Å². The van der Waals surface area contributed by atoms with E-state index >= 15 is 0 Å². The fourth-order valence-electron chi connectivity index (χ4n) is 2.42. The maximum absolute atomic E-state index is 12.3. The van der Waals surface area contributed by atoms with E-state index in [1.54, 1.807) is 0 Å². The van der Waals surface area contributed by atoms with Crippen LogP contribution < -0.4 is 4.72 Å². The van der Waals surface area contributed by atoms with E-state index < -0.39 is 16.0 Å². The molecule has 0 bridgehead atoms. The van der Waals surface area contributed by atoms with Crippen LogP contribution in [0.5, 0.6) is 0 Å². The molecule has 0 spiro atoms. The highest BCUT2D eigenvalue weighted by atomic mass is 79.9. The van der Waals surface area contributed by atoms with Gasteiger partial charge in [-0.25, -0.2) is 17.9 Å². The molecule has 2 unspecified atom stereocenters. The summed E-state index contributed by atoms with van der Waals surface area (Å²) in [7, 11) is -3.68. The molecule has 2 N–H and O–H groups in total. The largest absolute Gasteiger partial charge is 0.478 e. The molecule has 1 saturated carbocycles. The number of carboxylic acids is 1. The maximum atomic E-state index is 12.3. The topological polar surface area (TPSA) is 83.5 Å². The van der Waals surface area contributed by atoms with E-state index in [-0.39, 0.29) is 16.5 Å². The van der Waals surface area contributed by atoms with Gasteiger partial charge in [0.25, 0.3) is 0 Å². The van der Waals surface area contributed by atoms with Gasteiger partial charge in [0.15, 0.2) is 0 Å². The van der Waals surface area contributed by atoms with Gasteiger partial charge in [0.2, 0.25) is 10.0 Å². The molecule has 5 nitrogen and oxygen atoms in total. The first-order valence-electron chi connectivity index (χ1n) is 6.36. The average molecular weight is 362 g/mol. The first-order valence-corrected chi connectivity index (χ1v) is 8.64. The van der Waals surface area contributed by atoms with Crippen molar-refractivity contribution in [2.45, 2.75) is 37.1 Å². The van der Waals surface area contributed by atoms with Crippen molar-refractivity contribution in [3.8, 4) is 0 Å². The molecular formula is C13H16BrNO4S. The second kappa shape index (κ2) is 5.83. The van der Waals surface area contributed by atoms with Crippen LogP contribution in [-0.4, -0.2) is 25.5 Å². The molecular weight excluding hydrogens is 346 g/mol. The van der Waals surface area contributed by atoms with Crippen LogP contribution in [0.1, 0.15) is 36.5 Å². The van der Waals surface area contributed by atoms with E-state index in [0.717, 1.165) is 19.3 Å². The maximum Gasteiger partial charge on any atom is 0.336 e. The lowest BCUT2D eigenvalue weighted by molar-refractivity contribution is 0.0695. The molecule has 0 heterocycles. The lowest BCUT2D eigenvalue weighted by atomic mass is 10.1. The third-order valence-corrected chi connectivity index (χ3v) is 5.83. The smallest absolute Gasteiger partial charge is 0.336 e. The van der Waals surface area contributed by atoms with E-state index in [9.17, 15) is 13.2 Å². The van der Waals surface area contributed by atoms with Crippen molar-refractivity contribution in [2.75, 3.05) is 0 Å². The average Bonchev–Trinajstić information content (AvgIpc) is 2.74. The molecule has 20 heavy (non-hydrogen) atoms. The van der Waals surface area contributed by atoms with Crippen molar-refractivity contribution in [2.24, 2.45) is 5.92 Å². The summed E-state index contributed by atoms with van der Waals surface area (Å²) in [5.74, 6) is -0.859. The highest BCUT2D eigenvalue weighted by Gasteiger charge is 2.28. The Hall–Kier alpha value is -0.920. The lowest BCUT2D eigenvalue weighted by Gasteiger charge is -2.17. The molecule has 2 rings (SSSR count). The second-order valence-electron chi connectivity index (χ2n) is 5.08. The molecule has 0 aromatic heterocycles. The number of benzene rings is 1. The van der Waals surface area contributed by atoms with Gasteiger partial charge < -0.3 is 5.11 Å². The quantitative estimate of drug-likeness (QED) is 0.863. The summed E-state index contributed by atoms with van der Waals surface area (Å²) < 4.78 is 27.6. The van der Waals surface area contributed by atoms with Crippen molar-refractivity contribution in [3.05, 3.63) is 28.2 Å². The van der Waals surface area contributed by atoms with Crippen molar-refractivity contribution in [1.82, 2.24) is 4.72 Å². The van der Waals surface area contributed by atoms with Gasteiger partial charge in [-0.1, -0.05) is 13.3 Å². The summed E-state index contributed by atoms with van der Waals surface area (Å²) in [6, 6.07) is 3.94. The molecule has 2 atom stereocenters. The Kier molecular flexibility index (Phi) is 4.51. The van der Waals surface area contributed by atoms with E-state index in [4.69, 9.17) is 5.11 Å². The van der Waals surface area contributed by atoms with E-state index in [1.165, 1.54) is 18.2 Å². The molecule has 1 aromatic carbocycles. The Morgan fingerprint density at radius 2 is 2.10 bits per heavy atom. The fraction of sp³-hybridized carbons (Fsp3) is 0.462. The van der Waals surface area contributed by atoms with E-state index in [2.05, 4.69) is 20.7 Å². The van der Waals surface area contributed by atoms with E-state index in [1.807, 2.05) is 6.92 Å². The van der Waals surface area contributed by atoms with Crippen molar-refractivity contribution >= 4 is 31.9 Å². The molecule has 0 radical (unpaired) electrons. The second-order valence-corrected chi connectivity index (χ2v) is 7.65. The number of nitrogens with one attached hydrogen (secondary N) is 1. The van der Waals surface area contributed by atoms with Crippen LogP contribution in [0.15, 0.2) is 27.6 Å². The predicted molar refractivity (Wildman–Crippen MR) is 78.2 cm³/mol. The van der Waals surface area contributed by atoms with Gasteiger partial charge in [-0.2, -0.15) is 0 Å². The Morgan fingerprint density at radius 3 is 2.65 bits per heavy atom. The zero-order chi connectivity index (χ0) is 14.9. The number of sulfonamides is 1. The zero-order valence-corrected chi connectivity index (χ0v) is 13.4. The molecule has 1 aliphatic carbocycles. The predicted octanol–water partition coefficient (Wildman–Crippen LogP) is 2.61. The molecule has 0 amide bonds. The number of halogens is 1. The SMILES string of the molecule is CC1CCCC1NS(=O)(=O)c1ccc(Br)c(C(=O)O)c1. The standard InChI is InChI=1S/C13H16BrNO4S/c1-8-3-2-4-12(8)15-20(18,19)9-5-6-11(14)10(7-9)13(16)17/h5-8,12,15H,2-4H2,1H3,(H,16,17). The lowest BCUT2D eigenvalue weighted by Crippen LogP contribution is -2.36. The summed E-state index contributed by atoms with van der Waals surface area (Å²) in [5.41, 5.74) is -0.0626. The Labute approximate surface area is 126 Å². The Balaban J connectivity index is 2.30. The highest BCUT2D eigenvalue weighted by molar-refractivity contribution is 9.10. The molecule has 110 valence electrons. The molecule has 7 heteroatoms. The van der Waals surface area contributed by atoms with Crippen LogP contribution in [0.2, 0.25) is 0 Å². The molecule has 0 saturated heterocycles. The molecule has 1 aromatic rings. The Bertz CT molecular complexity index is 629. The van der Waals surface area contributed by atoms with Crippen LogP contribution in [-0.2, 0) is 10.0 Å². The minimum Gasteiger partial charge on any atom is -0.478 e. The zero-order valence-electron chi connectivity index (χ0n) is 11.0. The summed E-state index contributed by atoms with van der Waals surface area (Å²) in [6.45, 7) is 2.02. The number of carboxylic acid groups (broad SMARTS) is 1. The highest BCUT2D eigenvalue weighted by Crippen LogP contribution is 2.27. The fourth-order valence-corrected chi connectivity index (χ4v) is 4.24. The summed E-state index contributed by atoms with van der Waals surface area (Å²) in [4.78, 5) is 11.0. The number of hydrogen-bond donors (Lipinski definition) is 2.